The number of carbonyl (C=O) groups is 1. The first-order valence-corrected chi connectivity index (χ1v) is 8.30. The molecule has 2 aliphatic rings. The molecule has 2 saturated heterocycles. The molecule has 2 heterocycles. The Hall–Kier alpha value is -1.37. The molecular weight excluding hydrogens is 321 g/mol. The third-order valence-electron chi connectivity index (χ3n) is 4.44. The van der Waals surface area contributed by atoms with E-state index in [0.29, 0.717) is 36.8 Å². The highest BCUT2D eigenvalue weighted by Gasteiger charge is 2.24. The van der Waals surface area contributed by atoms with E-state index in [1.165, 1.54) is 6.07 Å². The van der Waals surface area contributed by atoms with Crippen LogP contribution in [0.1, 0.15) is 5.56 Å². The second-order valence-electron chi connectivity index (χ2n) is 5.92. The van der Waals surface area contributed by atoms with Gasteiger partial charge in [0.2, 0.25) is 0 Å². The van der Waals surface area contributed by atoms with E-state index in [-0.39, 0.29) is 11.9 Å². The number of hydrogen-bond donors (Lipinski definition) is 0. The van der Waals surface area contributed by atoms with Crippen LogP contribution in [0.25, 0.3) is 0 Å². The second-order valence-corrected chi connectivity index (χ2v) is 6.33. The number of nitrogens with zero attached hydrogens (tertiary/aromatic N) is 3. The fourth-order valence-electron chi connectivity index (χ4n) is 2.97. The standard InChI is InChI=1S/C16H21ClFN3O2/c17-14-2-1-3-15(18)13(14)12-20-6-4-19(5-7-20)8-9-21-10-11-23-16(21)22/h1-3H,4-12H2. The molecular formula is C16H21ClFN3O2. The van der Waals surface area contributed by atoms with Crippen molar-refractivity contribution in [2.24, 2.45) is 0 Å². The molecule has 23 heavy (non-hydrogen) atoms. The Morgan fingerprint density at radius 1 is 1.09 bits per heavy atom. The van der Waals surface area contributed by atoms with Crippen LogP contribution in [0.5, 0.6) is 0 Å². The number of piperazine rings is 1. The van der Waals surface area contributed by atoms with Crippen molar-refractivity contribution in [2.45, 2.75) is 6.54 Å². The topological polar surface area (TPSA) is 36.0 Å². The van der Waals surface area contributed by atoms with E-state index >= 15 is 0 Å². The van der Waals surface area contributed by atoms with Crippen molar-refractivity contribution in [3.8, 4) is 0 Å². The average molecular weight is 342 g/mol. The Morgan fingerprint density at radius 3 is 2.48 bits per heavy atom. The van der Waals surface area contributed by atoms with Crippen LogP contribution in [0, 0.1) is 5.82 Å². The first kappa shape index (κ1) is 16.5. The van der Waals surface area contributed by atoms with E-state index in [1.54, 1.807) is 17.0 Å². The molecule has 1 amide bonds. The molecule has 0 bridgehead atoms. The summed E-state index contributed by atoms with van der Waals surface area (Å²) >= 11 is 6.09. The lowest BCUT2D eigenvalue weighted by atomic mass is 10.2. The fraction of sp³-hybridized carbons (Fsp3) is 0.562. The highest BCUT2D eigenvalue weighted by molar-refractivity contribution is 6.31. The van der Waals surface area contributed by atoms with Gasteiger partial charge in [-0.2, -0.15) is 0 Å². The molecule has 0 saturated carbocycles. The molecule has 3 rings (SSSR count). The van der Waals surface area contributed by atoms with Crippen LogP contribution in [0.4, 0.5) is 9.18 Å². The third kappa shape index (κ3) is 4.13. The van der Waals surface area contributed by atoms with Gasteiger partial charge in [-0.3, -0.25) is 9.80 Å². The number of halogens is 2. The van der Waals surface area contributed by atoms with Gasteiger partial charge in [-0.25, -0.2) is 9.18 Å². The molecule has 126 valence electrons. The lowest BCUT2D eigenvalue weighted by Crippen LogP contribution is -2.48. The van der Waals surface area contributed by atoms with Gasteiger partial charge in [0.1, 0.15) is 12.4 Å². The fourth-order valence-corrected chi connectivity index (χ4v) is 3.19. The summed E-state index contributed by atoms with van der Waals surface area (Å²) in [6, 6.07) is 4.81. The van der Waals surface area contributed by atoms with Gasteiger partial charge in [0.05, 0.1) is 6.54 Å². The normalized spacial score (nSPS) is 20.1. The Balaban J connectivity index is 1.44. The van der Waals surface area contributed by atoms with Gasteiger partial charge in [0.15, 0.2) is 0 Å². The van der Waals surface area contributed by atoms with Crippen LogP contribution in [-0.2, 0) is 11.3 Å². The van der Waals surface area contributed by atoms with Gasteiger partial charge < -0.3 is 9.64 Å². The molecule has 0 spiro atoms. The summed E-state index contributed by atoms with van der Waals surface area (Å²) in [5, 5.41) is 0.486. The Labute approximate surface area is 140 Å². The van der Waals surface area contributed by atoms with Gasteiger partial charge in [-0.15, -0.1) is 0 Å². The molecule has 2 aliphatic heterocycles. The summed E-state index contributed by atoms with van der Waals surface area (Å²) in [5.41, 5.74) is 0.572. The first-order chi connectivity index (χ1) is 11.1. The van der Waals surface area contributed by atoms with Crippen molar-refractivity contribution in [1.82, 2.24) is 14.7 Å². The largest absolute Gasteiger partial charge is 0.448 e. The lowest BCUT2D eigenvalue weighted by Gasteiger charge is -2.35. The van der Waals surface area contributed by atoms with Crippen LogP contribution >= 0.6 is 11.6 Å². The zero-order chi connectivity index (χ0) is 16.2. The maximum absolute atomic E-state index is 13.8. The minimum atomic E-state index is -0.243. The number of ether oxygens (including phenoxy) is 1. The smallest absolute Gasteiger partial charge is 0.409 e. The summed E-state index contributed by atoms with van der Waals surface area (Å²) in [6.07, 6.45) is -0.210. The molecule has 1 aromatic carbocycles. The van der Waals surface area contributed by atoms with E-state index < -0.39 is 0 Å². The molecule has 0 atom stereocenters. The van der Waals surface area contributed by atoms with Gasteiger partial charge in [-0.1, -0.05) is 17.7 Å². The molecule has 1 aromatic rings. The van der Waals surface area contributed by atoms with E-state index in [9.17, 15) is 9.18 Å². The molecule has 0 unspecified atom stereocenters. The van der Waals surface area contributed by atoms with E-state index in [4.69, 9.17) is 16.3 Å². The SMILES string of the molecule is O=C1OCCN1CCN1CCN(Cc2c(F)cccc2Cl)CC1. The number of hydrogen-bond acceptors (Lipinski definition) is 4. The van der Waals surface area contributed by atoms with Crippen LogP contribution < -0.4 is 0 Å². The quantitative estimate of drug-likeness (QED) is 0.821. The number of amides is 1. The van der Waals surface area contributed by atoms with Crippen LogP contribution in [-0.4, -0.2) is 73.2 Å². The van der Waals surface area contributed by atoms with E-state index in [2.05, 4.69) is 9.80 Å². The molecule has 5 nitrogen and oxygen atoms in total. The third-order valence-corrected chi connectivity index (χ3v) is 4.79. The van der Waals surface area contributed by atoms with Gasteiger partial charge in [-0.05, 0) is 12.1 Å². The second kappa shape index (κ2) is 7.47. The van der Waals surface area contributed by atoms with Gasteiger partial charge >= 0.3 is 6.09 Å². The zero-order valence-electron chi connectivity index (χ0n) is 13.0. The maximum Gasteiger partial charge on any atom is 0.409 e. The molecule has 2 fully saturated rings. The zero-order valence-corrected chi connectivity index (χ0v) is 13.8. The predicted molar refractivity (Wildman–Crippen MR) is 86.0 cm³/mol. The van der Waals surface area contributed by atoms with Crippen molar-refractivity contribution >= 4 is 17.7 Å². The molecule has 0 aromatic heterocycles. The number of benzene rings is 1. The Kier molecular flexibility index (Phi) is 5.35. The lowest BCUT2D eigenvalue weighted by molar-refractivity contribution is 0.115. The summed E-state index contributed by atoms with van der Waals surface area (Å²) in [4.78, 5) is 17.7. The number of carbonyl (C=O) groups excluding carboxylic acids is 1. The average Bonchev–Trinajstić information content (AvgIpc) is 2.95. The molecule has 7 heteroatoms. The van der Waals surface area contributed by atoms with E-state index in [0.717, 1.165) is 32.7 Å². The molecule has 0 N–H and O–H groups in total. The predicted octanol–water partition coefficient (Wildman–Crippen LogP) is 2.05. The molecule has 0 aliphatic carbocycles. The Bertz CT molecular complexity index is 544. The van der Waals surface area contributed by atoms with Gasteiger partial charge in [0.25, 0.3) is 0 Å². The van der Waals surface area contributed by atoms with Crippen molar-refractivity contribution in [1.29, 1.82) is 0 Å². The van der Waals surface area contributed by atoms with Crippen molar-refractivity contribution in [3.63, 3.8) is 0 Å². The highest BCUT2D eigenvalue weighted by atomic mass is 35.5. The van der Waals surface area contributed by atoms with Crippen molar-refractivity contribution in [3.05, 3.63) is 34.6 Å². The summed E-state index contributed by atoms with van der Waals surface area (Å²) < 4.78 is 18.8. The maximum atomic E-state index is 13.8. The summed E-state index contributed by atoms with van der Waals surface area (Å²) in [6.45, 7) is 6.84. The summed E-state index contributed by atoms with van der Waals surface area (Å²) in [5.74, 6) is -0.243. The number of rotatable bonds is 5. The minimum Gasteiger partial charge on any atom is -0.448 e. The van der Waals surface area contributed by atoms with Crippen LogP contribution in [0.3, 0.4) is 0 Å². The highest BCUT2D eigenvalue weighted by Crippen LogP contribution is 2.21. The van der Waals surface area contributed by atoms with Gasteiger partial charge in [0, 0.05) is 56.4 Å². The molecule has 0 radical (unpaired) electrons. The minimum absolute atomic E-state index is 0.210. The number of cyclic esters (lactones) is 1. The van der Waals surface area contributed by atoms with Crippen molar-refractivity contribution in [2.75, 3.05) is 52.4 Å². The first-order valence-electron chi connectivity index (χ1n) is 7.93. The van der Waals surface area contributed by atoms with Crippen LogP contribution in [0.2, 0.25) is 5.02 Å². The monoisotopic (exact) mass is 341 g/mol. The van der Waals surface area contributed by atoms with Crippen LogP contribution in [0.15, 0.2) is 18.2 Å². The Morgan fingerprint density at radius 2 is 1.83 bits per heavy atom. The summed E-state index contributed by atoms with van der Waals surface area (Å²) in [7, 11) is 0. The van der Waals surface area contributed by atoms with E-state index in [1.807, 2.05) is 0 Å². The van der Waals surface area contributed by atoms with Crippen molar-refractivity contribution < 1.29 is 13.9 Å².